The van der Waals surface area contributed by atoms with E-state index in [1.54, 1.807) is 37.3 Å². The summed E-state index contributed by atoms with van der Waals surface area (Å²) in [4.78, 5) is 14.7. The molecule has 0 atom stereocenters. The average molecular weight is 631 g/mol. The van der Waals surface area contributed by atoms with Crippen LogP contribution in [-0.2, 0) is 39.4 Å². The summed E-state index contributed by atoms with van der Waals surface area (Å²) in [5.41, 5.74) is 1.13. The first kappa shape index (κ1) is 32.4. The predicted molar refractivity (Wildman–Crippen MR) is 165 cm³/mol. The molecule has 1 aliphatic heterocycles. The summed E-state index contributed by atoms with van der Waals surface area (Å²) >= 11 is 1.35. The normalized spacial score (nSPS) is 15.8. The van der Waals surface area contributed by atoms with Gasteiger partial charge < -0.3 is 0 Å². The van der Waals surface area contributed by atoms with E-state index in [2.05, 4.69) is 0 Å². The number of benzene rings is 3. The maximum absolute atomic E-state index is 14.0. The Morgan fingerprint density at radius 1 is 0.714 bits per heavy atom. The number of hydrogen-bond acceptors (Lipinski definition) is 8. The minimum atomic E-state index is -4.26. The Balaban J connectivity index is 1.64. The zero-order chi connectivity index (χ0) is 31.1. The largest absolute Gasteiger partial charge is 0.297 e. The smallest absolute Gasteiger partial charge is 0.293 e. The van der Waals surface area contributed by atoms with Crippen LogP contribution >= 0.6 is 11.8 Å². The Bertz CT molecular complexity index is 1590. The van der Waals surface area contributed by atoms with Crippen molar-refractivity contribution >= 4 is 37.8 Å². The molecule has 4 rings (SSSR count). The molecule has 0 aliphatic carbocycles. The predicted octanol–water partition coefficient (Wildman–Crippen LogP) is 6.68. The van der Waals surface area contributed by atoms with E-state index in [1.807, 2.05) is 53.7 Å². The van der Waals surface area contributed by atoms with Crippen molar-refractivity contribution < 1.29 is 30.0 Å². The van der Waals surface area contributed by atoms with Crippen molar-refractivity contribution in [2.45, 2.75) is 74.0 Å². The lowest BCUT2D eigenvalue weighted by Gasteiger charge is -2.35. The standard InChI is InChI=1S/C32H38O7S3/c1-22-9-8-10-27-28(22)29(33)32(21-40-27,19-38-41(34,35)25-15-11-23(12-16-25)30(2,3)4)20-39-42(36,37)26-17-13-24(14-18-26)31(5,6)7/h8-18H,19-21H2,1-7H3. The first-order valence-electron chi connectivity index (χ1n) is 13.6. The minimum Gasteiger partial charge on any atom is -0.293 e. The Morgan fingerprint density at radius 3 is 1.55 bits per heavy atom. The zero-order valence-corrected chi connectivity index (χ0v) is 27.5. The van der Waals surface area contributed by atoms with Gasteiger partial charge in [-0.05, 0) is 64.8 Å². The van der Waals surface area contributed by atoms with E-state index >= 15 is 0 Å². The molecule has 3 aromatic carbocycles. The van der Waals surface area contributed by atoms with Crippen LogP contribution in [0.2, 0.25) is 0 Å². The van der Waals surface area contributed by atoms with E-state index in [0.29, 0.717) is 11.1 Å². The summed E-state index contributed by atoms with van der Waals surface area (Å²) < 4.78 is 63.9. The second-order valence-corrected chi connectivity index (χ2v) is 17.1. The van der Waals surface area contributed by atoms with Gasteiger partial charge in [-0.3, -0.25) is 13.2 Å². The van der Waals surface area contributed by atoms with Gasteiger partial charge in [-0.25, -0.2) is 0 Å². The third-order valence-electron chi connectivity index (χ3n) is 7.45. The van der Waals surface area contributed by atoms with Crippen molar-refractivity contribution in [2.75, 3.05) is 19.0 Å². The van der Waals surface area contributed by atoms with E-state index in [1.165, 1.54) is 36.0 Å². The number of Topliss-reactive ketones (excluding diaryl/α,β-unsaturated/α-hetero) is 1. The second kappa shape index (κ2) is 11.5. The van der Waals surface area contributed by atoms with E-state index in [-0.39, 0.29) is 26.4 Å². The molecule has 0 spiro atoms. The Kier molecular flexibility index (Phi) is 8.90. The second-order valence-electron chi connectivity index (χ2n) is 12.8. The van der Waals surface area contributed by atoms with Gasteiger partial charge in [0.1, 0.15) is 0 Å². The molecule has 10 heteroatoms. The number of rotatable bonds is 8. The lowest BCUT2D eigenvalue weighted by Crippen LogP contribution is -2.46. The minimum absolute atomic E-state index is 0.0504. The Labute approximate surface area is 254 Å². The molecule has 0 aromatic heterocycles. The average Bonchev–Trinajstić information content (AvgIpc) is 2.91. The molecule has 0 radical (unpaired) electrons. The third-order valence-corrected chi connectivity index (χ3v) is 11.3. The van der Waals surface area contributed by atoms with Gasteiger partial charge in [0.2, 0.25) is 0 Å². The molecular formula is C32H38O7S3. The van der Waals surface area contributed by atoms with Crippen LogP contribution in [0.5, 0.6) is 0 Å². The van der Waals surface area contributed by atoms with E-state index in [4.69, 9.17) is 8.37 Å². The van der Waals surface area contributed by atoms with Crippen molar-refractivity contribution in [1.82, 2.24) is 0 Å². The highest BCUT2D eigenvalue weighted by Gasteiger charge is 2.47. The third kappa shape index (κ3) is 6.83. The first-order valence-corrected chi connectivity index (χ1v) is 17.4. The molecule has 0 saturated heterocycles. The van der Waals surface area contributed by atoms with Crippen molar-refractivity contribution in [3.05, 3.63) is 89.0 Å². The first-order chi connectivity index (χ1) is 19.4. The number of carbonyl (C=O) groups excluding carboxylic acids is 1. The molecule has 1 aliphatic rings. The van der Waals surface area contributed by atoms with E-state index in [0.717, 1.165) is 16.0 Å². The Morgan fingerprint density at radius 2 is 1.14 bits per heavy atom. The highest BCUT2D eigenvalue weighted by atomic mass is 32.2. The molecule has 1 heterocycles. The van der Waals surface area contributed by atoms with Gasteiger partial charge in [-0.15, -0.1) is 11.8 Å². The number of hydrogen-bond donors (Lipinski definition) is 0. The fraction of sp³-hybridized carbons (Fsp3) is 0.406. The summed E-state index contributed by atoms with van der Waals surface area (Å²) in [6.07, 6.45) is 0. The summed E-state index contributed by atoms with van der Waals surface area (Å²) in [7, 11) is -8.52. The van der Waals surface area contributed by atoms with Gasteiger partial charge >= 0.3 is 0 Å². The molecule has 3 aromatic rings. The van der Waals surface area contributed by atoms with Crippen LogP contribution in [0.1, 0.15) is 68.6 Å². The SMILES string of the molecule is Cc1cccc2c1C(=O)C(COS(=O)(=O)c1ccc(C(C)(C)C)cc1)(COS(=O)(=O)c1ccc(C(C)(C)C)cc1)CS2. The number of fused-ring (bicyclic) bond motifs is 1. The van der Waals surface area contributed by atoms with Crippen LogP contribution in [0, 0.1) is 12.3 Å². The van der Waals surface area contributed by atoms with Crippen LogP contribution in [-0.4, -0.2) is 41.6 Å². The van der Waals surface area contributed by atoms with Crippen LogP contribution < -0.4 is 0 Å². The van der Waals surface area contributed by atoms with Gasteiger partial charge in [-0.2, -0.15) is 16.8 Å². The summed E-state index contributed by atoms with van der Waals surface area (Å²) in [6.45, 7) is 12.8. The van der Waals surface area contributed by atoms with Crippen LogP contribution in [0.4, 0.5) is 0 Å². The molecule has 0 amide bonds. The maximum atomic E-state index is 14.0. The summed E-state index contributed by atoms with van der Waals surface area (Å²) in [5.74, 6) is -0.329. The van der Waals surface area contributed by atoms with Gasteiger partial charge in [-0.1, -0.05) is 77.9 Å². The number of carbonyl (C=O) groups is 1. The number of thioether (sulfide) groups is 1. The molecule has 0 N–H and O–H groups in total. The molecule has 226 valence electrons. The highest BCUT2D eigenvalue weighted by molar-refractivity contribution is 7.99. The van der Waals surface area contributed by atoms with Crippen molar-refractivity contribution in [3.8, 4) is 0 Å². The topological polar surface area (TPSA) is 104 Å². The number of aryl methyl sites for hydroxylation is 1. The quantitative estimate of drug-likeness (QED) is 0.254. The lowest BCUT2D eigenvalue weighted by atomic mass is 9.81. The number of ketones is 1. The van der Waals surface area contributed by atoms with Crippen LogP contribution in [0.15, 0.2) is 81.4 Å². The molecule has 42 heavy (non-hydrogen) atoms. The van der Waals surface area contributed by atoms with Gasteiger partial charge in [0.15, 0.2) is 5.78 Å². The molecule has 0 bridgehead atoms. The molecular weight excluding hydrogens is 593 g/mol. The lowest BCUT2D eigenvalue weighted by molar-refractivity contribution is 0.0594. The van der Waals surface area contributed by atoms with Crippen molar-refractivity contribution in [1.29, 1.82) is 0 Å². The van der Waals surface area contributed by atoms with Crippen molar-refractivity contribution in [3.63, 3.8) is 0 Å². The zero-order valence-electron chi connectivity index (χ0n) is 25.1. The van der Waals surface area contributed by atoms with Crippen molar-refractivity contribution in [2.24, 2.45) is 5.41 Å². The fourth-order valence-corrected chi connectivity index (χ4v) is 7.89. The van der Waals surface area contributed by atoms with Gasteiger partial charge in [0.25, 0.3) is 20.2 Å². The van der Waals surface area contributed by atoms with E-state index < -0.39 is 44.6 Å². The molecule has 0 saturated carbocycles. The van der Waals surface area contributed by atoms with E-state index in [9.17, 15) is 21.6 Å². The fourth-order valence-electron chi connectivity index (χ4n) is 4.61. The van der Waals surface area contributed by atoms with Crippen LogP contribution in [0.3, 0.4) is 0 Å². The van der Waals surface area contributed by atoms with Gasteiger partial charge in [0.05, 0.1) is 28.4 Å². The van der Waals surface area contributed by atoms with Gasteiger partial charge in [0, 0.05) is 16.2 Å². The summed E-state index contributed by atoms with van der Waals surface area (Å²) in [5, 5.41) is 0. The molecule has 0 fully saturated rings. The molecule has 0 unspecified atom stereocenters. The van der Waals surface area contributed by atoms with Crippen LogP contribution in [0.25, 0.3) is 0 Å². The Hall–Kier alpha value is -2.50. The highest BCUT2D eigenvalue weighted by Crippen LogP contribution is 2.43. The maximum Gasteiger partial charge on any atom is 0.297 e. The molecule has 7 nitrogen and oxygen atoms in total. The summed E-state index contributed by atoms with van der Waals surface area (Å²) in [6, 6.07) is 18.3. The monoisotopic (exact) mass is 630 g/mol.